The van der Waals surface area contributed by atoms with E-state index in [1.807, 2.05) is 0 Å². The highest BCUT2D eigenvalue weighted by molar-refractivity contribution is 5.93. The molecular formula is C18H19NO6. The van der Waals surface area contributed by atoms with Gasteiger partial charge in [-0.2, -0.15) is 0 Å². The standard InChI is InChI=1S/C18H19NO6/c1-2-3-10-24-13-5-7-14(8-6-13)25-18(23)19-12-4-9-15(17(21)22)16(20)11-12/h4-9,11,20H,2-3,10H2,1H3,(H,19,23)(H,21,22). The van der Waals surface area contributed by atoms with Gasteiger partial charge in [0.2, 0.25) is 0 Å². The number of unbranched alkanes of at least 4 members (excludes halogenated alkanes) is 1. The number of aromatic carboxylic acids is 1. The third-order valence-electron chi connectivity index (χ3n) is 3.28. The van der Waals surface area contributed by atoms with E-state index >= 15 is 0 Å². The van der Waals surface area contributed by atoms with Gasteiger partial charge < -0.3 is 19.7 Å². The van der Waals surface area contributed by atoms with Gasteiger partial charge >= 0.3 is 12.1 Å². The van der Waals surface area contributed by atoms with Crippen molar-refractivity contribution in [2.75, 3.05) is 11.9 Å². The fourth-order valence-corrected chi connectivity index (χ4v) is 1.98. The maximum atomic E-state index is 11.8. The molecule has 0 aliphatic heterocycles. The molecule has 0 aromatic heterocycles. The average Bonchev–Trinajstić information content (AvgIpc) is 2.56. The number of aromatic hydroxyl groups is 1. The summed E-state index contributed by atoms with van der Waals surface area (Å²) in [6.07, 6.45) is 1.25. The van der Waals surface area contributed by atoms with Crippen molar-refractivity contribution in [3.8, 4) is 17.2 Å². The molecule has 2 aromatic carbocycles. The number of carbonyl (C=O) groups is 2. The number of carbonyl (C=O) groups excluding carboxylic acids is 1. The number of carboxylic acids is 1. The van der Waals surface area contributed by atoms with E-state index < -0.39 is 17.8 Å². The van der Waals surface area contributed by atoms with Gasteiger partial charge in [-0.1, -0.05) is 13.3 Å². The van der Waals surface area contributed by atoms with Crippen LogP contribution in [0.15, 0.2) is 42.5 Å². The zero-order valence-corrected chi connectivity index (χ0v) is 13.7. The molecule has 2 aromatic rings. The van der Waals surface area contributed by atoms with Crippen molar-refractivity contribution >= 4 is 17.7 Å². The van der Waals surface area contributed by atoms with Gasteiger partial charge in [0.1, 0.15) is 22.8 Å². The number of benzene rings is 2. The van der Waals surface area contributed by atoms with Crippen LogP contribution in [0.2, 0.25) is 0 Å². The molecule has 0 saturated heterocycles. The van der Waals surface area contributed by atoms with Gasteiger partial charge in [0.25, 0.3) is 0 Å². The minimum Gasteiger partial charge on any atom is -0.507 e. The number of anilines is 1. The third-order valence-corrected chi connectivity index (χ3v) is 3.28. The van der Waals surface area contributed by atoms with Gasteiger partial charge in [-0.25, -0.2) is 9.59 Å². The zero-order chi connectivity index (χ0) is 18.2. The smallest absolute Gasteiger partial charge is 0.417 e. The molecule has 0 radical (unpaired) electrons. The first-order valence-electron chi connectivity index (χ1n) is 7.77. The topological polar surface area (TPSA) is 105 Å². The van der Waals surface area contributed by atoms with Crippen LogP contribution in [0.1, 0.15) is 30.1 Å². The van der Waals surface area contributed by atoms with Crippen LogP contribution in [0, 0.1) is 0 Å². The first-order valence-corrected chi connectivity index (χ1v) is 7.77. The van der Waals surface area contributed by atoms with Gasteiger partial charge in [-0.15, -0.1) is 0 Å². The Labute approximate surface area is 144 Å². The van der Waals surface area contributed by atoms with E-state index in [9.17, 15) is 14.7 Å². The number of carboxylic acid groups (broad SMARTS) is 1. The molecule has 0 saturated carbocycles. The quantitative estimate of drug-likeness (QED) is 0.658. The van der Waals surface area contributed by atoms with Crippen molar-refractivity contribution in [2.24, 2.45) is 0 Å². The fourth-order valence-electron chi connectivity index (χ4n) is 1.98. The Morgan fingerprint density at radius 1 is 1.08 bits per heavy atom. The number of phenols is 1. The molecule has 3 N–H and O–H groups in total. The van der Waals surface area contributed by atoms with Crippen LogP contribution in [-0.4, -0.2) is 28.9 Å². The van der Waals surface area contributed by atoms with E-state index in [4.69, 9.17) is 14.6 Å². The molecular weight excluding hydrogens is 326 g/mol. The molecule has 132 valence electrons. The van der Waals surface area contributed by atoms with Crippen molar-refractivity contribution in [1.82, 2.24) is 0 Å². The average molecular weight is 345 g/mol. The molecule has 0 spiro atoms. The van der Waals surface area contributed by atoms with Crippen molar-refractivity contribution in [1.29, 1.82) is 0 Å². The molecule has 0 aliphatic carbocycles. The largest absolute Gasteiger partial charge is 0.507 e. The van der Waals surface area contributed by atoms with Crippen LogP contribution in [-0.2, 0) is 0 Å². The first-order chi connectivity index (χ1) is 12.0. The number of ether oxygens (including phenoxy) is 2. The highest BCUT2D eigenvalue weighted by Crippen LogP contribution is 2.23. The summed E-state index contributed by atoms with van der Waals surface area (Å²) in [5, 5.41) is 20.8. The van der Waals surface area contributed by atoms with E-state index in [0.29, 0.717) is 18.1 Å². The molecule has 0 bridgehead atoms. The molecule has 0 heterocycles. The predicted molar refractivity (Wildman–Crippen MR) is 91.6 cm³/mol. The van der Waals surface area contributed by atoms with E-state index in [0.717, 1.165) is 18.9 Å². The lowest BCUT2D eigenvalue weighted by Gasteiger charge is -2.09. The van der Waals surface area contributed by atoms with Gasteiger partial charge in [0.15, 0.2) is 0 Å². The van der Waals surface area contributed by atoms with Crippen LogP contribution in [0.4, 0.5) is 10.5 Å². The Bertz CT molecular complexity index is 742. The molecule has 0 atom stereocenters. The summed E-state index contributed by atoms with van der Waals surface area (Å²) in [7, 11) is 0. The molecule has 0 unspecified atom stereocenters. The van der Waals surface area contributed by atoms with E-state index in [2.05, 4.69) is 12.2 Å². The number of hydrogen-bond donors (Lipinski definition) is 3. The normalized spacial score (nSPS) is 10.1. The number of hydrogen-bond acceptors (Lipinski definition) is 5. The van der Waals surface area contributed by atoms with Crippen molar-refractivity contribution in [3.05, 3.63) is 48.0 Å². The van der Waals surface area contributed by atoms with E-state index in [-0.39, 0.29) is 11.3 Å². The Kier molecular flexibility index (Phi) is 6.22. The zero-order valence-electron chi connectivity index (χ0n) is 13.7. The first kappa shape index (κ1) is 18.1. The lowest BCUT2D eigenvalue weighted by Crippen LogP contribution is -2.16. The summed E-state index contributed by atoms with van der Waals surface area (Å²) in [6.45, 7) is 2.71. The molecule has 1 amide bonds. The Morgan fingerprint density at radius 3 is 2.36 bits per heavy atom. The van der Waals surface area contributed by atoms with Gasteiger partial charge in [0.05, 0.1) is 6.61 Å². The highest BCUT2D eigenvalue weighted by atomic mass is 16.6. The Hall–Kier alpha value is -3.22. The molecule has 2 rings (SSSR count). The summed E-state index contributed by atoms with van der Waals surface area (Å²) in [5.74, 6) is -0.686. The molecule has 0 aliphatic rings. The summed E-state index contributed by atoms with van der Waals surface area (Å²) >= 11 is 0. The molecule has 25 heavy (non-hydrogen) atoms. The van der Waals surface area contributed by atoms with Gasteiger partial charge in [-0.3, -0.25) is 5.32 Å². The third kappa shape index (κ3) is 5.42. The SMILES string of the molecule is CCCCOc1ccc(OC(=O)Nc2ccc(C(=O)O)c(O)c2)cc1. The number of nitrogens with one attached hydrogen (secondary N) is 1. The van der Waals surface area contributed by atoms with Crippen molar-refractivity contribution in [2.45, 2.75) is 19.8 Å². The maximum Gasteiger partial charge on any atom is 0.417 e. The lowest BCUT2D eigenvalue weighted by atomic mass is 10.2. The summed E-state index contributed by atoms with van der Waals surface area (Å²) < 4.78 is 10.6. The Morgan fingerprint density at radius 2 is 1.76 bits per heavy atom. The summed E-state index contributed by atoms with van der Waals surface area (Å²) in [6, 6.07) is 10.3. The highest BCUT2D eigenvalue weighted by Gasteiger charge is 2.12. The number of rotatable bonds is 7. The lowest BCUT2D eigenvalue weighted by molar-refractivity contribution is 0.0693. The van der Waals surface area contributed by atoms with Crippen molar-refractivity contribution in [3.63, 3.8) is 0 Å². The molecule has 7 heteroatoms. The minimum atomic E-state index is -1.26. The monoisotopic (exact) mass is 345 g/mol. The second-order valence-corrected chi connectivity index (χ2v) is 5.23. The molecule has 7 nitrogen and oxygen atoms in total. The van der Waals surface area contributed by atoms with Crippen LogP contribution in [0.3, 0.4) is 0 Å². The Balaban J connectivity index is 1.91. The fraction of sp³-hybridized carbons (Fsp3) is 0.222. The minimum absolute atomic E-state index is 0.215. The van der Waals surface area contributed by atoms with Crippen LogP contribution in [0.25, 0.3) is 0 Å². The van der Waals surface area contributed by atoms with E-state index in [1.165, 1.54) is 12.1 Å². The number of amides is 1. The van der Waals surface area contributed by atoms with Crippen LogP contribution >= 0.6 is 0 Å². The summed E-state index contributed by atoms with van der Waals surface area (Å²) in [4.78, 5) is 22.7. The predicted octanol–water partition coefficient (Wildman–Crippen LogP) is 3.88. The van der Waals surface area contributed by atoms with Crippen LogP contribution < -0.4 is 14.8 Å². The second kappa shape index (κ2) is 8.58. The van der Waals surface area contributed by atoms with Crippen molar-refractivity contribution < 1.29 is 29.3 Å². The van der Waals surface area contributed by atoms with Crippen LogP contribution in [0.5, 0.6) is 17.2 Å². The molecule has 0 fully saturated rings. The van der Waals surface area contributed by atoms with Gasteiger partial charge in [0, 0.05) is 11.8 Å². The van der Waals surface area contributed by atoms with E-state index in [1.54, 1.807) is 24.3 Å². The summed E-state index contributed by atoms with van der Waals surface area (Å²) in [5.41, 5.74) is -0.0374. The second-order valence-electron chi connectivity index (χ2n) is 5.23. The van der Waals surface area contributed by atoms with Gasteiger partial charge in [-0.05, 0) is 42.8 Å². The maximum absolute atomic E-state index is 11.8.